The molecule has 0 bridgehead atoms. The zero-order valence-corrected chi connectivity index (χ0v) is 21.5. The average Bonchev–Trinajstić information content (AvgIpc) is 3.21. The van der Waals surface area contributed by atoms with Gasteiger partial charge in [0.05, 0.1) is 35.3 Å². The number of methoxy groups -OCH3 is 1. The Morgan fingerprint density at radius 3 is 2.61 bits per heavy atom. The summed E-state index contributed by atoms with van der Waals surface area (Å²) in [5.41, 5.74) is 5.34. The van der Waals surface area contributed by atoms with E-state index in [9.17, 15) is 4.79 Å². The molecular formula is C26H32N8O2. The Labute approximate surface area is 210 Å². The van der Waals surface area contributed by atoms with Gasteiger partial charge in [-0.05, 0) is 39.0 Å². The number of aromatic nitrogens is 4. The van der Waals surface area contributed by atoms with Gasteiger partial charge in [0.1, 0.15) is 0 Å². The molecule has 0 aliphatic carbocycles. The van der Waals surface area contributed by atoms with E-state index in [4.69, 9.17) is 4.74 Å². The van der Waals surface area contributed by atoms with Crippen LogP contribution in [0.25, 0.3) is 16.6 Å². The van der Waals surface area contributed by atoms with Gasteiger partial charge in [0.25, 0.3) is 5.91 Å². The maximum atomic E-state index is 13.6. The number of imidazole rings is 1. The Morgan fingerprint density at radius 2 is 1.92 bits per heavy atom. The number of rotatable bonds is 5. The topological polar surface area (TPSA) is 99.9 Å². The summed E-state index contributed by atoms with van der Waals surface area (Å²) in [6, 6.07) is 6.67. The van der Waals surface area contributed by atoms with E-state index < -0.39 is 0 Å². The summed E-state index contributed by atoms with van der Waals surface area (Å²) in [6.07, 6.45) is 5.56. The summed E-state index contributed by atoms with van der Waals surface area (Å²) >= 11 is 0. The van der Waals surface area contributed by atoms with Crippen LogP contribution in [-0.4, -0.2) is 71.6 Å². The highest BCUT2D eigenvalue weighted by Crippen LogP contribution is 2.31. The first-order valence-corrected chi connectivity index (χ1v) is 12.1. The summed E-state index contributed by atoms with van der Waals surface area (Å²) in [6.45, 7) is 8.01. The molecule has 188 valence electrons. The number of carbonyl (C=O) groups excluding carboxylic acids is 1. The second-order valence-electron chi connectivity index (χ2n) is 9.70. The molecule has 0 spiro atoms. The lowest BCUT2D eigenvalue weighted by Gasteiger charge is -2.38. The third-order valence-electron chi connectivity index (χ3n) is 6.42. The van der Waals surface area contributed by atoms with E-state index in [0.29, 0.717) is 28.9 Å². The van der Waals surface area contributed by atoms with E-state index in [1.165, 1.54) is 7.11 Å². The van der Waals surface area contributed by atoms with Gasteiger partial charge in [-0.2, -0.15) is 4.98 Å². The molecule has 1 aliphatic rings. The molecule has 36 heavy (non-hydrogen) atoms. The van der Waals surface area contributed by atoms with E-state index in [0.717, 1.165) is 41.2 Å². The minimum atomic E-state index is -0.254. The summed E-state index contributed by atoms with van der Waals surface area (Å²) < 4.78 is 7.22. The first kappa shape index (κ1) is 23.8. The molecule has 3 aromatic heterocycles. The lowest BCUT2D eigenvalue weighted by molar-refractivity contribution is 0.102. The first-order chi connectivity index (χ1) is 17.2. The molecule has 1 fully saturated rings. The zero-order valence-electron chi connectivity index (χ0n) is 21.5. The summed E-state index contributed by atoms with van der Waals surface area (Å²) in [5, 5.41) is 7.44. The second kappa shape index (κ2) is 9.27. The Balaban J connectivity index is 1.55. The van der Waals surface area contributed by atoms with Crippen molar-refractivity contribution in [1.29, 1.82) is 0 Å². The molecule has 2 N–H and O–H groups in total. The Bertz CT molecular complexity index is 1440. The molecule has 1 aromatic carbocycles. The van der Waals surface area contributed by atoms with E-state index in [2.05, 4.69) is 44.3 Å². The zero-order chi connectivity index (χ0) is 25.6. The number of hydrogen-bond acceptors (Lipinski definition) is 8. The number of benzene rings is 1. The fraction of sp³-hybridized carbons (Fsp3) is 0.385. The van der Waals surface area contributed by atoms with Gasteiger partial charge < -0.3 is 29.6 Å². The van der Waals surface area contributed by atoms with Crippen LogP contribution in [0.5, 0.6) is 6.01 Å². The number of amides is 1. The van der Waals surface area contributed by atoms with Crippen LogP contribution in [0.15, 0.2) is 36.8 Å². The lowest BCUT2D eigenvalue weighted by Crippen LogP contribution is -2.54. The Kier molecular flexibility index (Phi) is 6.13. The highest BCUT2D eigenvalue weighted by Gasteiger charge is 2.25. The SMILES string of the molecule is COc1ncc2c(N3C[C@@H](C)N[C@@H](C)C3)ccc(C(=O)Nc3cc(N(C)C)c4nc(C)cn4c3)c2n1. The number of fused-ring (bicyclic) bond motifs is 2. The molecule has 10 nitrogen and oxygen atoms in total. The van der Waals surface area contributed by atoms with Gasteiger partial charge in [-0.15, -0.1) is 0 Å². The second-order valence-corrected chi connectivity index (χ2v) is 9.70. The maximum Gasteiger partial charge on any atom is 0.316 e. The van der Waals surface area contributed by atoms with Crippen molar-refractivity contribution in [2.45, 2.75) is 32.9 Å². The first-order valence-electron chi connectivity index (χ1n) is 12.1. The van der Waals surface area contributed by atoms with Crippen LogP contribution < -0.4 is 25.2 Å². The molecule has 1 saturated heterocycles. The number of piperazine rings is 1. The molecule has 0 saturated carbocycles. The van der Waals surface area contributed by atoms with Gasteiger partial charge in [-0.1, -0.05) is 0 Å². The van der Waals surface area contributed by atoms with Crippen LogP contribution in [0.1, 0.15) is 29.9 Å². The van der Waals surface area contributed by atoms with Crippen molar-refractivity contribution >= 4 is 39.5 Å². The number of nitrogens with one attached hydrogen (secondary N) is 2. The number of pyridine rings is 1. The van der Waals surface area contributed by atoms with Crippen LogP contribution in [0.2, 0.25) is 0 Å². The third-order valence-corrected chi connectivity index (χ3v) is 6.42. The van der Waals surface area contributed by atoms with Crippen molar-refractivity contribution in [3.05, 3.63) is 48.0 Å². The molecule has 2 atom stereocenters. The smallest absolute Gasteiger partial charge is 0.316 e. The van der Waals surface area contributed by atoms with E-state index in [1.54, 1.807) is 6.20 Å². The van der Waals surface area contributed by atoms with E-state index in [-0.39, 0.29) is 11.9 Å². The predicted molar refractivity (Wildman–Crippen MR) is 143 cm³/mol. The lowest BCUT2D eigenvalue weighted by atomic mass is 10.0. The maximum absolute atomic E-state index is 13.6. The van der Waals surface area contributed by atoms with Gasteiger partial charge in [-0.25, -0.2) is 9.97 Å². The predicted octanol–water partition coefficient (Wildman–Crippen LogP) is 3.10. The van der Waals surface area contributed by atoms with Gasteiger partial charge in [-0.3, -0.25) is 4.79 Å². The van der Waals surface area contributed by atoms with Gasteiger partial charge in [0.2, 0.25) is 0 Å². The molecule has 5 rings (SSSR count). The van der Waals surface area contributed by atoms with Gasteiger partial charge in [0, 0.05) is 68.9 Å². The minimum absolute atomic E-state index is 0.223. The van der Waals surface area contributed by atoms with Crippen LogP contribution >= 0.6 is 0 Å². The standard InChI is InChI=1S/C26H32N8O2/c1-15-11-33(12-16(2)28-15)21-8-7-19(23-20(21)10-27-26(31-23)36-6)25(35)30-18-9-22(32(4)5)24-29-17(3)13-34(24)14-18/h7-10,13-16,28H,11-12H2,1-6H3,(H,30,35)/t15-,16+. The van der Waals surface area contributed by atoms with Crippen molar-refractivity contribution < 1.29 is 9.53 Å². The number of ether oxygens (including phenoxy) is 1. The Hall–Kier alpha value is -3.92. The fourth-order valence-electron chi connectivity index (χ4n) is 4.97. The van der Waals surface area contributed by atoms with Crippen molar-refractivity contribution in [2.24, 2.45) is 0 Å². The van der Waals surface area contributed by atoms with Crippen molar-refractivity contribution in [1.82, 2.24) is 24.7 Å². The highest BCUT2D eigenvalue weighted by molar-refractivity contribution is 6.14. The van der Waals surface area contributed by atoms with Crippen LogP contribution in [0.3, 0.4) is 0 Å². The molecule has 0 radical (unpaired) electrons. The van der Waals surface area contributed by atoms with Gasteiger partial charge in [0.15, 0.2) is 5.65 Å². The fourth-order valence-corrected chi connectivity index (χ4v) is 4.97. The number of nitrogens with zero attached hydrogens (tertiary/aromatic N) is 6. The summed E-state index contributed by atoms with van der Waals surface area (Å²) in [4.78, 5) is 31.4. The van der Waals surface area contributed by atoms with Crippen molar-refractivity contribution in [3.63, 3.8) is 0 Å². The third kappa shape index (κ3) is 4.39. The van der Waals surface area contributed by atoms with Crippen LogP contribution in [0.4, 0.5) is 17.1 Å². The number of carbonyl (C=O) groups is 1. The Morgan fingerprint density at radius 1 is 1.17 bits per heavy atom. The normalized spacial score (nSPS) is 18.0. The quantitative estimate of drug-likeness (QED) is 0.442. The van der Waals surface area contributed by atoms with Crippen LogP contribution in [-0.2, 0) is 0 Å². The molecule has 4 heterocycles. The molecule has 4 aromatic rings. The highest BCUT2D eigenvalue weighted by atomic mass is 16.5. The number of hydrogen-bond donors (Lipinski definition) is 2. The monoisotopic (exact) mass is 488 g/mol. The van der Waals surface area contributed by atoms with Crippen LogP contribution in [0, 0.1) is 6.92 Å². The van der Waals surface area contributed by atoms with E-state index in [1.807, 2.05) is 60.9 Å². The van der Waals surface area contributed by atoms with Crippen molar-refractivity contribution in [3.8, 4) is 6.01 Å². The molecule has 1 amide bonds. The van der Waals surface area contributed by atoms with E-state index >= 15 is 0 Å². The molecule has 0 unspecified atom stereocenters. The molecule has 1 aliphatic heterocycles. The largest absolute Gasteiger partial charge is 0.467 e. The molecule has 10 heteroatoms. The molecular weight excluding hydrogens is 456 g/mol. The number of anilines is 3. The average molecular weight is 489 g/mol. The van der Waals surface area contributed by atoms with Crippen molar-refractivity contribution in [2.75, 3.05) is 49.4 Å². The van der Waals surface area contributed by atoms with Gasteiger partial charge >= 0.3 is 6.01 Å². The summed E-state index contributed by atoms with van der Waals surface area (Å²) in [5.74, 6) is -0.254. The number of aryl methyl sites for hydroxylation is 1. The minimum Gasteiger partial charge on any atom is -0.467 e. The summed E-state index contributed by atoms with van der Waals surface area (Å²) in [7, 11) is 5.44.